The largest absolute Gasteiger partial charge is 0.468 e. The summed E-state index contributed by atoms with van der Waals surface area (Å²) in [5.41, 5.74) is 6.48. The van der Waals surface area contributed by atoms with Gasteiger partial charge >= 0.3 is 5.97 Å². The van der Waals surface area contributed by atoms with Crippen molar-refractivity contribution < 1.29 is 9.53 Å². The van der Waals surface area contributed by atoms with Crippen LogP contribution in [0.2, 0.25) is 0 Å². The molecular formula is C10H14N2O2. The summed E-state index contributed by atoms with van der Waals surface area (Å²) in [6.07, 6.45) is 0. The zero-order valence-electron chi connectivity index (χ0n) is 8.07. The molecule has 0 aliphatic rings. The molecule has 0 aromatic heterocycles. The maximum atomic E-state index is 10.9. The number of esters is 1. The lowest BCUT2D eigenvalue weighted by atomic mass is 10.3. The van der Waals surface area contributed by atoms with Crippen LogP contribution >= 0.6 is 0 Å². The van der Waals surface area contributed by atoms with E-state index in [1.54, 1.807) is 0 Å². The number of hydrogen-bond donors (Lipinski definition) is 2. The fraction of sp³-hybridized carbons (Fsp3) is 0.300. The third-order valence-corrected chi connectivity index (χ3v) is 1.80. The highest BCUT2D eigenvalue weighted by molar-refractivity contribution is 5.76. The van der Waals surface area contributed by atoms with Gasteiger partial charge < -0.3 is 15.8 Å². The third kappa shape index (κ3) is 3.06. The smallest absolute Gasteiger partial charge is 0.324 e. The van der Waals surface area contributed by atoms with E-state index in [4.69, 9.17) is 5.73 Å². The van der Waals surface area contributed by atoms with Crippen LogP contribution in [0.3, 0.4) is 0 Å². The second-order valence-electron chi connectivity index (χ2n) is 2.88. The van der Waals surface area contributed by atoms with E-state index in [-0.39, 0.29) is 0 Å². The number of para-hydroxylation sites is 1. The number of nitrogens with one attached hydrogen (secondary N) is 1. The molecule has 4 nitrogen and oxygen atoms in total. The molecule has 0 saturated carbocycles. The van der Waals surface area contributed by atoms with E-state index in [2.05, 4.69) is 10.1 Å². The lowest BCUT2D eigenvalue weighted by molar-refractivity contribution is -0.141. The number of anilines is 1. The molecule has 0 amide bonds. The van der Waals surface area contributed by atoms with Crippen LogP contribution in [-0.4, -0.2) is 25.7 Å². The molecule has 3 N–H and O–H groups in total. The number of rotatable bonds is 4. The SMILES string of the molecule is COC(=O)[C@H](N)CNc1ccccc1. The van der Waals surface area contributed by atoms with Gasteiger partial charge in [-0.2, -0.15) is 0 Å². The van der Waals surface area contributed by atoms with Crippen molar-refractivity contribution in [2.75, 3.05) is 19.0 Å². The van der Waals surface area contributed by atoms with Gasteiger partial charge in [0.25, 0.3) is 0 Å². The summed E-state index contributed by atoms with van der Waals surface area (Å²) >= 11 is 0. The van der Waals surface area contributed by atoms with Gasteiger partial charge in [-0.3, -0.25) is 4.79 Å². The Labute approximate surface area is 83.1 Å². The lowest BCUT2D eigenvalue weighted by Crippen LogP contribution is -2.38. The molecule has 1 atom stereocenters. The Morgan fingerprint density at radius 1 is 1.50 bits per heavy atom. The maximum absolute atomic E-state index is 10.9. The molecule has 1 rings (SSSR count). The van der Waals surface area contributed by atoms with Crippen LogP contribution in [0, 0.1) is 0 Å². The number of nitrogens with two attached hydrogens (primary N) is 1. The third-order valence-electron chi connectivity index (χ3n) is 1.80. The van der Waals surface area contributed by atoms with Crippen molar-refractivity contribution >= 4 is 11.7 Å². The van der Waals surface area contributed by atoms with E-state index in [0.717, 1.165) is 5.69 Å². The van der Waals surface area contributed by atoms with Gasteiger partial charge in [-0.05, 0) is 12.1 Å². The quantitative estimate of drug-likeness (QED) is 0.689. The predicted octanol–water partition coefficient (Wildman–Crippen LogP) is 0.599. The molecule has 14 heavy (non-hydrogen) atoms. The Kier molecular flexibility index (Phi) is 3.94. The van der Waals surface area contributed by atoms with Gasteiger partial charge in [-0.25, -0.2) is 0 Å². The highest BCUT2D eigenvalue weighted by atomic mass is 16.5. The van der Waals surface area contributed by atoms with Crippen LogP contribution in [0.1, 0.15) is 0 Å². The van der Waals surface area contributed by atoms with Gasteiger partial charge in [0.1, 0.15) is 6.04 Å². The van der Waals surface area contributed by atoms with Gasteiger partial charge in [0.2, 0.25) is 0 Å². The molecule has 1 aromatic carbocycles. The van der Waals surface area contributed by atoms with Crippen LogP contribution in [0.5, 0.6) is 0 Å². The van der Waals surface area contributed by atoms with Crippen LogP contribution in [-0.2, 0) is 9.53 Å². The number of benzene rings is 1. The highest BCUT2D eigenvalue weighted by Crippen LogP contribution is 2.04. The summed E-state index contributed by atoms with van der Waals surface area (Å²) in [5.74, 6) is -0.409. The first kappa shape index (κ1) is 10.5. The minimum absolute atomic E-state index is 0.372. The standard InChI is InChI=1S/C10H14N2O2/c1-14-10(13)9(11)7-12-8-5-3-2-4-6-8/h2-6,9,12H,7,11H2,1H3/t9-/m1/s1. The first-order valence-electron chi connectivity index (χ1n) is 4.36. The molecule has 0 heterocycles. The van der Waals surface area contributed by atoms with Crippen molar-refractivity contribution in [1.82, 2.24) is 0 Å². The van der Waals surface area contributed by atoms with Gasteiger partial charge in [0.15, 0.2) is 0 Å². The van der Waals surface area contributed by atoms with Crippen molar-refractivity contribution in [2.45, 2.75) is 6.04 Å². The molecular weight excluding hydrogens is 180 g/mol. The first-order valence-corrected chi connectivity index (χ1v) is 4.36. The number of carbonyl (C=O) groups excluding carboxylic acids is 1. The van der Waals surface area contributed by atoms with E-state index >= 15 is 0 Å². The summed E-state index contributed by atoms with van der Waals surface area (Å²) in [6.45, 7) is 0.372. The molecule has 0 bridgehead atoms. The Bertz CT molecular complexity index is 287. The second kappa shape index (κ2) is 5.24. The molecule has 0 radical (unpaired) electrons. The van der Waals surface area contributed by atoms with Crippen molar-refractivity contribution in [1.29, 1.82) is 0 Å². The Balaban J connectivity index is 2.38. The van der Waals surface area contributed by atoms with Crippen molar-refractivity contribution in [3.63, 3.8) is 0 Å². The molecule has 0 unspecified atom stereocenters. The van der Waals surface area contributed by atoms with Gasteiger partial charge in [0, 0.05) is 12.2 Å². The van der Waals surface area contributed by atoms with E-state index in [1.165, 1.54) is 7.11 Å². The molecule has 0 fully saturated rings. The zero-order chi connectivity index (χ0) is 10.4. The summed E-state index contributed by atoms with van der Waals surface area (Å²) in [6, 6.07) is 8.93. The highest BCUT2D eigenvalue weighted by Gasteiger charge is 2.12. The van der Waals surface area contributed by atoms with Gasteiger partial charge in [-0.1, -0.05) is 18.2 Å². The molecule has 0 spiro atoms. The summed E-state index contributed by atoms with van der Waals surface area (Å²) in [5, 5.41) is 3.03. The predicted molar refractivity (Wildman–Crippen MR) is 54.9 cm³/mol. The second-order valence-corrected chi connectivity index (χ2v) is 2.88. The van der Waals surface area contributed by atoms with E-state index in [0.29, 0.717) is 6.54 Å². The Hall–Kier alpha value is -1.55. The van der Waals surface area contributed by atoms with Crippen LogP contribution < -0.4 is 11.1 Å². The van der Waals surface area contributed by atoms with E-state index in [9.17, 15) is 4.79 Å². The summed E-state index contributed by atoms with van der Waals surface area (Å²) in [7, 11) is 1.32. The molecule has 0 saturated heterocycles. The van der Waals surface area contributed by atoms with Crippen molar-refractivity contribution in [3.05, 3.63) is 30.3 Å². The van der Waals surface area contributed by atoms with E-state index in [1.807, 2.05) is 30.3 Å². The first-order chi connectivity index (χ1) is 6.74. The van der Waals surface area contributed by atoms with Gasteiger partial charge in [0.05, 0.1) is 7.11 Å². The Morgan fingerprint density at radius 2 is 2.14 bits per heavy atom. The molecule has 0 aliphatic heterocycles. The average molecular weight is 194 g/mol. The lowest BCUT2D eigenvalue weighted by Gasteiger charge is -2.11. The number of ether oxygens (including phenoxy) is 1. The maximum Gasteiger partial charge on any atom is 0.324 e. The normalized spacial score (nSPS) is 11.9. The fourth-order valence-electron chi connectivity index (χ4n) is 1.02. The molecule has 1 aromatic rings. The van der Waals surface area contributed by atoms with Crippen molar-refractivity contribution in [2.24, 2.45) is 5.73 Å². The fourth-order valence-corrected chi connectivity index (χ4v) is 1.02. The molecule has 4 heteroatoms. The monoisotopic (exact) mass is 194 g/mol. The number of hydrogen-bond acceptors (Lipinski definition) is 4. The summed E-state index contributed by atoms with van der Waals surface area (Å²) < 4.78 is 4.50. The van der Waals surface area contributed by atoms with Gasteiger partial charge in [-0.15, -0.1) is 0 Å². The van der Waals surface area contributed by atoms with Crippen LogP contribution in [0.25, 0.3) is 0 Å². The number of carbonyl (C=O) groups is 1. The zero-order valence-corrected chi connectivity index (χ0v) is 8.07. The number of methoxy groups -OCH3 is 1. The van der Waals surface area contributed by atoms with Crippen molar-refractivity contribution in [3.8, 4) is 0 Å². The molecule has 0 aliphatic carbocycles. The molecule has 76 valence electrons. The van der Waals surface area contributed by atoms with Crippen LogP contribution in [0.4, 0.5) is 5.69 Å². The van der Waals surface area contributed by atoms with Crippen LogP contribution in [0.15, 0.2) is 30.3 Å². The minimum atomic E-state index is -0.625. The summed E-state index contributed by atoms with van der Waals surface area (Å²) in [4.78, 5) is 10.9. The average Bonchev–Trinajstić information content (AvgIpc) is 2.26. The Morgan fingerprint density at radius 3 is 2.71 bits per heavy atom. The van der Waals surface area contributed by atoms with E-state index < -0.39 is 12.0 Å². The minimum Gasteiger partial charge on any atom is -0.468 e. The topological polar surface area (TPSA) is 64.3 Å².